The van der Waals surface area contributed by atoms with E-state index in [9.17, 15) is 0 Å². The van der Waals surface area contributed by atoms with Crippen molar-refractivity contribution in [2.45, 2.75) is 129 Å². The van der Waals surface area contributed by atoms with Crippen molar-refractivity contribution in [3.8, 4) is 0 Å². The molecule has 0 saturated carbocycles. The normalized spacial score (nSPS) is 12.8. The molecule has 152 valence electrons. The molecule has 0 aromatic rings. The highest BCUT2D eigenvalue weighted by Gasteiger charge is 2.04. The minimum atomic E-state index is -0.00201. The fourth-order valence-electron chi connectivity index (χ4n) is 3.61. The maximum absolute atomic E-state index is 5.22. The van der Waals surface area contributed by atoms with Crippen LogP contribution in [0, 0.1) is 5.92 Å². The second kappa shape index (κ2) is 20.2. The Morgan fingerprint density at radius 1 is 0.520 bits per heavy atom. The van der Waals surface area contributed by atoms with Crippen molar-refractivity contribution in [1.29, 1.82) is 0 Å². The van der Waals surface area contributed by atoms with Crippen molar-refractivity contribution in [2.24, 2.45) is 5.92 Å². The first kappa shape index (κ1) is 24.9. The van der Waals surface area contributed by atoms with Crippen LogP contribution in [0.1, 0.15) is 123 Å². The minimum absolute atomic E-state index is 0.00201. The first-order valence-electron chi connectivity index (χ1n) is 11.3. The van der Waals surface area contributed by atoms with E-state index < -0.39 is 0 Å². The van der Waals surface area contributed by atoms with Gasteiger partial charge in [0, 0.05) is 14.2 Å². The molecular formula is C23H48O2. The molecule has 25 heavy (non-hydrogen) atoms. The molecule has 0 rings (SSSR count). The van der Waals surface area contributed by atoms with Gasteiger partial charge >= 0.3 is 0 Å². The Bertz CT molecular complexity index is 238. The molecule has 0 radical (unpaired) electrons. The fraction of sp³-hybridized carbons (Fsp3) is 1.00. The summed E-state index contributed by atoms with van der Waals surface area (Å²) < 4.78 is 10.4. The molecule has 0 saturated heterocycles. The topological polar surface area (TPSA) is 18.5 Å². The lowest BCUT2D eigenvalue weighted by Gasteiger charge is -2.12. The van der Waals surface area contributed by atoms with E-state index in [1.807, 2.05) is 0 Å². The number of unbranched alkanes of at least 4 members (excludes halogenated alkanes) is 12. The van der Waals surface area contributed by atoms with E-state index in [0.29, 0.717) is 0 Å². The molecule has 0 aliphatic carbocycles. The van der Waals surface area contributed by atoms with E-state index in [-0.39, 0.29) is 6.29 Å². The second-order valence-corrected chi connectivity index (χ2v) is 7.97. The zero-order valence-corrected chi connectivity index (χ0v) is 18.0. The van der Waals surface area contributed by atoms with Crippen molar-refractivity contribution in [1.82, 2.24) is 0 Å². The molecule has 0 bridgehead atoms. The number of ether oxygens (including phenoxy) is 2. The Hall–Kier alpha value is -0.0800. The van der Waals surface area contributed by atoms with Crippen molar-refractivity contribution >= 4 is 0 Å². The summed E-state index contributed by atoms with van der Waals surface area (Å²) in [5.41, 5.74) is 0. The highest BCUT2D eigenvalue weighted by Crippen LogP contribution is 2.19. The van der Waals surface area contributed by atoms with E-state index >= 15 is 0 Å². The molecule has 2 heteroatoms. The third-order valence-corrected chi connectivity index (χ3v) is 5.46. The van der Waals surface area contributed by atoms with Gasteiger partial charge in [-0.3, -0.25) is 0 Å². The Balaban J connectivity index is 3.20. The predicted octanol–water partition coefficient (Wildman–Crippen LogP) is 7.89. The number of hydrogen-bond acceptors (Lipinski definition) is 2. The predicted molar refractivity (Wildman–Crippen MR) is 111 cm³/mol. The van der Waals surface area contributed by atoms with Crippen LogP contribution in [-0.4, -0.2) is 20.5 Å². The SMILES string of the molecule is CCCCCCCCCC(C)CCCCCCCCCC(OC)OC. The molecule has 0 aliphatic heterocycles. The molecule has 1 unspecified atom stereocenters. The van der Waals surface area contributed by atoms with Crippen LogP contribution >= 0.6 is 0 Å². The van der Waals surface area contributed by atoms with Crippen LogP contribution in [0.15, 0.2) is 0 Å². The number of hydrogen-bond donors (Lipinski definition) is 0. The van der Waals surface area contributed by atoms with Crippen LogP contribution in [0.5, 0.6) is 0 Å². The van der Waals surface area contributed by atoms with Gasteiger partial charge in [0.25, 0.3) is 0 Å². The van der Waals surface area contributed by atoms with E-state index in [2.05, 4.69) is 13.8 Å². The summed E-state index contributed by atoms with van der Waals surface area (Å²) in [6, 6.07) is 0. The van der Waals surface area contributed by atoms with Gasteiger partial charge in [-0.1, -0.05) is 110 Å². The molecule has 0 heterocycles. The average Bonchev–Trinajstić information content (AvgIpc) is 2.62. The summed E-state index contributed by atoms with van der Waals surface area (Å²) in [5.74, 6) is 0.940. The van der Waals surface area contributed by atoms with Crippen LogP contribution in [0.4, 0.5) is 0 Å². The smallest absolute Gasteiger partial charge is 0.156 e. The van der Waals surface area contributed by atoms with Gasteiger partial charge in [-0.15, -0.1) is 0 Å². The maximum Gasteiger partial charge on any atom is 0.156 e. The lowest BCUT2D eigenvalue weighted by molar-refractivity contribution is -0.107. The second-order valence-electron chi connectivity index (χ2n) is 7.97. The summed E-state index contributed by atoms with van der Waals surface area (Å²) in [6.07, 6.45) is 23.6. The standard InChI is InChI=1S/C23H48O2/c1-5-6-7-8-10-13-16-19-22(2)20-17-14-11-9-12-15-18-21-23(24-3)25-4/h22-23H,5-21H2,1-4H3. The quantitative estimate of drug-likeness (QED) is 0.163. The van der Waals surface area contributed by atoms with E-state index in [0.717, 1.165) is 12.3 Å². The van der Waals surface area contributed by atoms with Gasteiger partial charge in [0.2, 0.25) is 0 Å². The molecule has 0 aliphatic rings. The summed E-state index contributed by atoms with van der Waals surface area (Å²) in [5, 5.41) is 0. The van der Waals surface area contributed by atoms with Crippen LogP contribution in [-0.2, 0) is 9.47 Å². The minimum Gasteiger partial charge on any atom is -0.356 e. The lowest BCUT2D eigenvalue weighted by atomic mass is 9.96. The van der Waals surface area contributed by atoms with Gasteiger partial charge in [-0.25, -0.2) is 0 Å². The first-order valence-corrected chi connectivity index (χ1v) is 11.3. The summed E-state index contributed by atoms with van der Waals surface area (Å²) in [6.45, 7) is 4.75. The van der Waals surface area contributed by atoms with E-state index in [1.165, 1.54) is 103 Å². The van der Waals surface area contributed by atoms with Gasteiger partial charge in [-0.2, -0.15) is 0 Å². The molecule has 0 aromatic carbocycles. The lowest BCUT2D eigenvalue weighted by Crippen LogP contribution is -2.12. The van der Waals surface area contributed by atoms with Crippen LogP contribution in [0.2, 0.25) is 0 Å². The highest BCUT2D eigenvalue weighted by atomic mass is 16.7. The molecule has 2 nitrogen and oxygen atoms in total. The van der Waals surface area contributed by atoms with Gasteiger partial charge < -0.3 is 9.47 Å². The van der Waals surface area contributed by atoms with Crippen molar-refractivity contribution in [3.05, 3.63) is 0 Å². The molecule has 0 amide bonds. The average molecular weight is 357 g/mol. The van der Waals surface area contributed by atoms with Gasteiger partial charge in [0.15, 0.2) is 6.29 Å². The first-order chi connectivity index (χ1) is 12.2. The Morgan fingerprint density at radius 2 is 0.880 bits per heavy atom. The molecular weight excluding hydrogens is 308 g/mol. The molecule has 0 spiro atoms. The third kappa shape index (κ3) is 18.5. The van der Waals surface area contributed by atoms with Crippen LogP contribution in [0.3, 0.4) is 0 Å². The van der Waals surface area contributed by atoms with Crippen molar-refractivity contribution in [3.63, 3.8) is 0 Å². The number of rotatable bonds is 20. The van der Waals surface area contributed by atoms with Crippen molar-refractivity contribution in [2.75, 3.05) is 14.2 Å². The van der Waals surface area contributed by atoms with Crippen LogP contribution in [0.25, 0.3) is 0 Å². The van der Waals surface area contributed by atoms with Crippen LogP contribution < -0.4 is 0 Å². The zero-order chi connectivity index (χ0) is 18.6. The summed E-state index contributed by atoms with van der Waals surface area (Å²) in [7, 11) is 3.45. The third-order valence-electron chi connectivity index (χ3n) is 5.46. The van der Waals surface area contributed by atoms with Crippen molar-refractivity contribution < 1.29 is 9.47 Å². The Labute approximate surface area is 159 Å². The highest BCUT2D eigenvalue weighted by molar-refractivity contribution is 4.56. The van der Waals surface area contributed by atoms with E-state index in [1.54, 1.807) is 14.2 Å². The molecule has 1 atom stereocenters. The summed E-state index contributed by atoms with van der Waals surface area (Å²) in [4.78, 5) is 0. The largest absolute Gasteiger partial charge is 0.356 e. The maximum atomic E-state index is 5.22. The fourth-order valence-corrected chi connectivity index (χ4v) is 3.61. The van der Waals surface area contributed by atoms with Gasteiger partial charge in [-0.05, 0) is 18.8 Å². The van der Waals surface area contributed by atoms with Gasteiger partial charge in [0.05, 0.1) is 0 Å². The zero-order valence-electron chi connectivity index (χ0n) is 18.0. The Kier molecular flexibility index (Phi) is 20.2. The van der Waals surface area contributed by atoms with E-state index in [4.69, 9.17) is 9.47 Å². The Morgan fingerprint density at radius 3 is 1.28 bits per heavy atom. The monoisotopic (exact) mass is 356 g/mol. The molecule has 0 fully saturated rings. The molecule has 0 aromatic heterocycles. The molecule has 0 N–H and O–H groups in total. The van der Waals surface area contributed by atoms with Gasteiger partial charge in [0.1, 0.15) is 0 Å². The summed E-state index contributed by atoms with van der Waals surface area (Å²) >= 11 is 0. The number of methoxy groups -OCH3 is 2.